The molecule has 0 aliphatic carbocycles. The van der Waals surface area contributed by atoms with E-state index in [1.807, 2.05) is 12.1 Å². The summed E-state index contributed by atoms with van der Waals surface area (Å²) in [4.78, 5) is 4.23. The third kappa shape index (κ3) is 4.16. The van der Waals surface area contributed by atoms with Gasteiger partial charge in [0.05, 0.1) is 12.0 Å². The standard InChI is InChI=1S/C20H15F3N2O3/c21-20(22,23)27-16-6-3-13(4-7-16)14-5-8-18-17(12-14)19(25-28-18)26-11-9-15-2-1-10-24-15/h1,3-8,10,12H,2,9,11H2. The maximum absolute atomic E-state index is 12.3. The quantitative estimate of drug-likeness (QED) is 0.558. The Bertz CT molecular complexity index is 1040. The summed E-state index contributed by atoms with van der Waals surface area (Å²) in [5, 5.41) is 4.64. The van der Waals surface area contributed by atoms with Crippen LogP contribution >= 0.6 is 0 Å². The van der Waals surface area contributed by atoms with Gasteiger partial charge in [0.15, 0.2) is 5.58 Å². The molecule has 0 amide bonds. The van der Waals surface area contributed by atoms with Gasteiger partial charge in [0, 0.05) is 24.8 Å². The zero-order valence-corrected chi connectivity index (χ0v) is 14.6. The summed E-state index contributed by atoms with van der Waals surface area (Å²) < 4.78 is 51.8. The summed E-state index contributed by atoms with van der Waals surface area (Å²) in [6.45, 7) is 0.426. The topological polar surface area (TPSA) is 56.9 Å². The number of fused-ring (bicyclic) bond motifs is 1. The van der Waals surface area contributed by atoms with Gasteiger partial charge >= 0.3 is 6.36 Å². The van der Waals surface area contributed by atoms with Gasteiger partial charge in [-0.05, 0) is 40.5 Å². The lowest BCUT2D eigenvalue weighted by atomic mass is 10.0. The van der Waals surface area contributed by atoms with E-state index in [9.17, 15) is 13.2 Å². The van der Waals surface area contributed by atoms with Gasteiger partial charge in [-0.25, -0.2) is 0 Å². The van der Waals surface area contributed by atoms with Crippen LogP contribution in [0.1, 0.15) is 12.8 Å². The van der Waals surface area contributed by atoms with E-state index in [1.165, 1.54) is 12.1 Å². The molecule has 8 heteroatoms. The van der Waals surface area contributed by atoms with Gasteiger partial charge < -0.3 is 14.0 Å². The van der Waals surface area contributed by atoms with Crippen LogP contribution in [-0.2, 0) is 0 Å². The van der Waals surface area contributed by atoms with Crippen molar-refractivity contribution in [3.8, 4) is 22.8 Å². The lowest BCUT2D eigenvalue weighted by molar-refractivity contribution is -0.274. The van der Waals surface area contributed by atoms with Crippen LogP contribution < -0.4 is 9.47 Å². The Labute approximate surface area is 158 Å². The molecule has 0 fully saturated rings. The van der Waals surface area contributed by atoms with Crippen molar-refractivity contribution in [3.05, 3.63) is 54.7 Å². The van der Waals surface area contributed by atoms with E-state index in [0.29, 0.717) is 29.9 Å². The molecule has 0 atom stereocenters. The number of alkyl halides is 3. The summed E-state index contributed by atoms with van der Waals surface area (Å²) >= 11 is 0. The molecular formula is C20H15F3N2O3. The highest BCUT2D eigenvalue weighted by molar-refractivity contribution is 5.89. The number of rotatable bonds is 6. The van der Waals surface area contributed by atoms with Crippen molar-refractivity contribution in [1.82, 2.24) is 5.16 Å². The number of hydrogen-bond acceptors (Lipinski definition) is 5. The van der Waals surface area contributed by atoms with Crippen LogP contribution in [0.4, 0.5) is 13.2 Å². The van der Waals surface area contributed by atoms with E-state index >= 15 is 0 Å². The van der Waals surface area contributed by atoms with Crippen molar-refractivity contribution in [2.45, 2.75) is 19.2 Å². The minimum Gasteiger partial charge on any atom is -0.475 e. The third-order valence-corrected chi connectivity index (χ3v) is 4.20. The number of aromatic nitrogens is 1. The summed E-state index contributed by atoms with van der Waals surface area (Å²) in [7, 11) is 0. The van der Waals surface area contributed by atoms with E-state index in [2.05, 4.69) is 14.9 Å². The van der Waals surface area contributed by atoms with Crippen LogP contribution in [0.5, 0.6) is 11.6 Å². The molecular weight excluding hydrogens is 373 g/mol. The maximum atomic E-state index is 12.3. The summed E-state index contributed by atoms with van der Waals surface area (Å²) in [5.41, 5.74) is 3.14. The van der Waals surface area contributed by atoms with Crippen LogP contribution in [0, 0.1) is 0 Å². The van der Waals surface area contributed by atoms with Crippen molar-refractivity contribution in [2.75, 3.05) is 6.61 Å². The van der Waals surface area contributed by atoms with Crippen molar-refractivity contribution >= 4 is 16.7 Å². The molecule has 0 saturated heterocycles. The van der Waals surface area contributed by atoms with Gasteiger partial charge in [0.1, 0.15) is 5.75 Å². The Morgan fingerprint density at radius 2 is 1.82 bits per heavy atom. The normalized spacial score (nSPS) is 13.8. The lowest BCUT2D eigenvalue weighted by Crippen LogP contribution is -2.16. The minimum absolute atomic E-state index is 0.268. The van der Waals surface area contributed by atoms with E-state index in [4.69, 9.17) is 9.26 Å². The highest BCUT2D eigenvalue weighted by Crippen LogP contribution is 2.32. The molecule has 3 aromatic rings. The maximum Gasteiger partial charge on any atom is 0.573 e. The van der Waals surface area contributed by atoms with E-state index in [0.717, 1.165) is 23.3 Å². The minimum atomic E-state index is -4.71. The molecule has 0 saturated carbocycles. The first-order chi connectivity index (χ1) is 13.5. The molecule has 5 nitrogen and oxygen atoms in total. The fraction of sp³-hybridized carbons (Fsp3) is 0.200. The van der Waals surface area contributed by atoms with Crippen LogP contribution in [0.25, 0.3) is 22.1 Å². The number of hydrogen-bond donors (Lipinski definition) is 0. The molecule has 28 heavy (non-hydrogen) atoms. The Kier molecular flexibility index (Phi) is 4.77. The smallest absolute Gasteiger partial charge is 0.475 e. The molecule has 0 N–H and O–H groups in total. The molecule has 2 heterocycles. The van der Waals surface area contributed by atoms with Crippen LogP contribution in [0.2, 0.25) is 0 Å². The van der Waals surface area contributed by atoms with Crippen molar-refractivity contribution in [3.63, 3.8) is 0 Å². The number of halogens is 3. The van der Waals surface area contributed by atoms with E-state index in [-0.39, 0.29) is 5.75 Å². The van der Waals surface area contributed by atoms with Gasteiger partial charge in [-0.2, -0.15) is 0 Å². The van der Waals surface area contributed by atoms with Gasteiger partial charge in [-0.15, -0.1) is 13.2 Å². The van der Waals surface area contributed by atoms with Crippen molar-refractivity contribution in [1.29, 1.82) is 0 Å². The fourth-order valence-corrected chi connectivity index (χ4v) is 2.88. The predicted octanol–water partition coefficient (Wildman–Crippen LogP) is 5.52. The Morgan fingerprint density at radius 3 is 2.54 bits per heavy atom. The molecule has 0 radical (unpaired) electrons. The van der Waals surface area contributed by atoms with Gasteiger partial charge in [0.2, 0.25) is 0 Å². The van der Waals surface area contributed by atoms with Gasteiger partial charge in [-0.1, -0.05) is 24.3 Å². The molecule has 1 aliphatic heterocycles. The number of benzene rings is 2. The van der Waals surface area contributed by atoms with Crippen LogP contribution in [0.3, 0.4) is 0 Å². The van der Waals surface area contributed by atoms with Crippen molar-refractivity contribution < 1.29 is 27.2 Å². The Balaban J connectivity index is 1.50. The highest BCUT2D eigenvalue weighted by Gasteiger charge is 2.30. The largest absolute Gasteiger partial charge is 0.573 e. The second kappa shape index (κ2) is 7.38. The zero-order valence-electron chi connectivity index (χ0n) is 14.6. The van der Waals surface area contributed by atoms with Crippen LogP contribution in [0.15, 0.2) is 64.3 Å². The fourth-order valence-electron chi connectivity index (χ4n) is 2.88. The molecule has 1 aliphatic rings. The molecule has 0 bridgehead atoms. The Hall–Kier alpha value is -3.29. The van der Waals surface area contributed by atoms with Crippen molar-refractivity contribution in [2.24, 2.45) is 4.99 Å². The number of allylic oxidation sites excluding steroid dienone is 1. The number of aliphatic imine (C=N–C) groups is 1. The first-order valence-corrected chi connectivity index (χ1v) is 8.57. The first-order valence-electron chi connectivity index (χ1n) is 8.57. The molecule has 2 aromatic carbocycles. The highest BCUT2D eigenvalue weighted by atomic mass is 19.4. The molecule has 0 spiro atoms. The first kappa shape index (κ1) is 18.1. The monoisotopic (exact) mass is 388 g/mol. The Morgan fingerprint density at radius 1 is 1.04 bits per heavy atom. The summed E-state index contributed by atoms with van der Waals surface area (Å²) in [6.07, 6.45) is 0.578. The molecule has 4 rings (SSSR count). The predicted molar refractivity (Wildman–Crippen MR) is 97.4 cm³/mol. The van der Waals surface area contributed by atoms with Gasteiger partial charge in [0.25, 0.3) is 5.88 Å². The van der Waals surface area contributed by atoms with E-state index < -0.39 is 6.36 Å². The van der Waals surface area contributed by atoms with Gasteiger partial charge in [-0.3, -0.25) is 4.99 Å². The molecule has 0 unspecified atom stereocenters. The second-order valence-corrected chi connectivity index (χ2v) is 6.15. The third-order valence-electron chi connectivity index (χ3n) is 4.20. The summed E-state index contributed by atoms with van der Waals surface area (Å²) in [5.74, 6) is 0.107. The summed E-state index contributed by atoms with van der Waals surface area (Å²) in [6, 6.07) is 11.0. The number of ether oxygens (including phenoxy) is 2. The molecule has 144 valence electrons. The van der Waals surface area contributed by atoms with E-state index in [1.54, 1.807) is 30.5 Å². The van der Waals surface area contributed by atoms with Crippen LogP contribution in [-0.4, -0.2) is 23.8 Å². The average molecular weight is 388 g/mol. The number of nitrogens with zero attached hydrogens (tertiary/aromatic N) is 2. The second-order valence-electron chi connectivity index (χ2n) is 6.15. The lowest BCUT2D eigenvalue weighted by Gasteiger charge is -2.09. The SMILES string of the molecule is FC(F)(F)Oc1ccc(-c2ccc3onc(OCCC4=NC=CC4)c3c2)cc1. The molecule has 1 aromatic heterocycles. The zero-order chi connectivity index (χ0) is 19.6. The average Bonchev–Trinajstić information content (AvgIpc) is 3.31.